The fourth-order valence-electron chi connectivity index (χ4n) is 15.2. The number of furan rings is 1. The second-order valence-corrected chi connectivity index (χ2v) is 25.9. The molecular formula is C95H70N2O2. The number of unbranched alkanes of at least 4 members (excludes halogenated alkanes) is 1. The molecule has 16 aromatic rings. The van der Waals surface area contributed by atoms with Crippen molar-refractivity contribution in [3.63, 3.8) is 0 Å². The highest BCUT2D eigenvalue weighted by Crippen LogP contribution is 2.57. The van der Waals surface area contributed by atoms with Gasteiger partial charge in [0.25, 0.3) is 0 Å². The van der Waals surface area contributed by atoms with Gasteiger partial charge in [-0.1, -0.05) is 250 Å². The zero-order valence-electron chi connectivity index (χ0n) is 55.0. The zero-order valence-corrected chi connectivity index (χ0v) is 55.0. The summed E-state index contributed by atoms with van der Waals surface area (Å²) < 4.78 is 15.7. The first-order chi connectivity index (χ1) is 48.9. The molecule has 14 aromatic carbocycles. The van der Waals surface area contributed by atoms with E-state index >= 15 is 0 Å². The predicted octanol–water partition coefficient (Wildman–Crippen LogP) is 26.0. The average Bonchev–Trinajstić information content (AvgIpc) is 1.57. The largest absolute Gasteiger partial charge is 0.494 e. The topological polar surface area (TPSA) is 30.5 Å². The van der Waals surface area contributed by atoms with E-state index in [9.17, 15) is 0 Å². The van der Waals surface area contributed by atoms with E-state index in [0.29, 0.717) is 6.61 Å². The van der Waals surface area contributed by atoms with Gasteiger partial charge in [-0.2, -0.15) is 0 Å². The van der Waals surface area contributed by atoms with E-state index in [-0.39, 0.29) is 0 Å². The minimum Gasteiger partial charge on any atom is -0.494 e. The van der Waals surface area contributed by atoms with Crippen LogP contribution in [0.5, 0.6) is 5.75 Å². The molecule has 2 heterocycles. The summed E-state index contributed by atoms with van der Waals surface area (Å²) in [5.74, 6) is 0.883. The molecule has 4 nitrogen and oxygen atoms in total. The van der Waals surface area contributed by atoms with Crippen LogP contribution in [0.4, 0.5) is 17.1 Å². The van der Waals surface area contributed by atoms with Crippen molar-refractivity contribution in [3.8, 4) is 78.2 Å². The summed E-state index contributed by atoms with van der Waals surface area (Å²) in [4.78, 5) is 2.42. The van der Waals surface area contributed by atoms with Crippen LogP contribution >= 0.6 is 0 Å². The molecule has 1 unspecified atom stereocenters. The second kappa shape index (κ2) is 25.6. The number of fused-ring (bicyclic) bond motifs is 9. The van der Waals surface area contributed by atoms with Crippen LogP contribution in [0.1, 0.15) is 52.6 Å². The Kier molecular flexibility index (Phi) is 15.5. The minimum atomic E-state index is -0.405. The van der Waals surface area contributed by atoms with Crippen molar-refractivity contribution in [2.24, 2.45) is 0 Å². The number of ether oxygens (including phenoxy) is 1. The van der Waals surface area contributed by atoms with E-state index in [1.807, 2.05) is 18.2 Å². The summed E-state index contributed by atoms with van der Waals surface area (Å²) in [5.41, 5.74) is 29.2. The van der Waals surface area contributed by atoms with E-state index in [4.69, 9.17) is 9.15 Å². The van der Waals surface area contributed by atoms with E-state index in [0.717, 1.165) is 131 Å². The lowest BCUT2D eigenvalue weighted by Crippen LogP contribution is -2.27. The van der Waals surface area contributed by atoms with Gasteiger partial charge in [-0.15, -0.1) is 0 Å². The normalized spacial score (nSPS) is 13.2. The Hall–Kier alpha value is -12.5. The lowest BCUT2D eigenvalue weighted by Gasteiger charge is -2.34. The van der Waals surface area contributed by atoms with Gasteiger partial charge in [0.1, 0.15) is 16.9 Å². The van der Waals surface area contributed by atoms with Gasteiger partial charge >= 0.3 is 0 Å². The maximum atomic E-state index is 6.87. The van der Waals surface area contributed by atoms with Crippen LogP contribution in [-0.4, -0.2) is 11.2 Å². The van der Waals surface area contributed by atoms with Gasteiger partial charge < -0.3 is 18.6 Å². The Balaban J connectivity index is 0.689. The monoisotopic (exact) mass is 1270 g/mol. The molecule has 17 rings (SSSR count). The predicted molar refractivity (Wildman–Crippen MR) is 418 cm³/mol. The molecule has 0 spiro atoms. The number of hydrogen-bond donors (Lipinski definition) is 0. The molecule has 1 aliphatic carbocycles. The Labute approximate surface area is 578 Å². The molecule has 99 heavy (non-hydrogen) atoms. The van der Waals surface area contributed by atoms with Crippen molar-refractivity contribution in [3.05, 3.63) is 375 Å². The maximum Gasteiger partial charge on any atom is 0.136 e. The number of benzene rings is 14. The van der Waals surface area contributed by atoms with Crippen LogP contribution in [0.3, 0.4) is 0 Å². The fourth-order valence-corrected chi connectivity index (χ4v) is 15.2. The van der Waals surface area contributed by atoms with Crippen LogP contribution in [-0.2, 0) is 5.41 Å². The summed E-state index contributed by atoms with van der Waals surface area (Å²) in [7, 11) is 0. The Bertz CT molecular complexity index is 5710. The highest BCUT2D eigenvalue weighted by Gasteiger charge is 2.44. The third-order valence-corrected chi connectivity index (χ3v) is 20.3. The van der Waals surface area contributed by atoms with Crippen molar-refractivity contribution in [2.45, 2.75) is 24.7 Å². The standard InChI is InChI=1S/C95H70N2O2/c1-4-64-23-29-68(30-24-64)70-37-50-82(51-38-70)98-58-16-15-57-95(77-19-11-8-12-20-77)89-22-14-13-21-83(89)84-54-49-81(63-90(84)95)96(78-45-33-69(34-46-78)67-17-9-7-10-18-67)79-47-35-72(36-48-79)75-39-52-85-86-53-40-76(62-94(86)99-93(85)61-75)74-42-56-92-88(60-74)87-59-73(71-31-25-65(5-2)26-32-71)41-55-91(87)97(92)80-43-27-66(6-3)28-44-80/h4-14,17-56,59-63H,1-3,15-16,57-58H2. The number of rotatable bonds is 19. The maximum absolute atomic E-state index is 6.87. The SMILES string of the molecule is C=Cc1ccc(-c2ccc(OCCCCC3(c4ccccc4)c4ccccc4-c4ccc(N(c5ccc(-c6ccccc6)cc5)c5ccc(-c6ccc7c(c6)oc6cc(-c8ccc9c(c8)c8cc(-c%10ccc(C=C)cc%10)ccc8n9-c8ccc(C=C)cc8)ccc67)cc5)cc43)cc2)cc1. The summed E-state index contributed by atoms with van der Waals surface area (Å²) >= 11 is 0. The number of nitrogens with zero attached hydrogens (tertiary/aromatic N) is 2. The van der Waals surface area contributed by atoms with Crippen LogP contribution in [0.2, 0.25) is 0 Å². The summed E-state index contributed by atoms with van der Waals surface area (Å²) in [6.45, 7) is 12.5. The number of hydrogen-bond acceptors (Lipinski definition) is 3. The summed E-state index contributed by atoms with van der Waals surface area (Å²) in [5, 5.41) is 4.55. The molecule has 0 bridgehead atoms. The smallest absolute Gasteiger partial charge is 0.136 e. The molecule has 0 fully saturated rings. The van der Waals surface area contributed by atoms with Crippen LogP contribution in [0.25, 0.3) is 134 Å². The average molecular weight is 1270 g/mol. The Morgan fingerprint density at radius 3 is 1.33 bits per heavy atom. The van der Waals surface area contributed by atoms with E-state index in [1.54, 1.807) is 0 Å². The Morgan fingerprint density at radius 2 is 0.768 bits per heavy atom. The Morgan fingerprint density at radius 1 is 0.343 bits per heavy atom. The molecule has 0 amide bonds. The third kappa shape index (κ3) is 11.0. The van der Waals surface area contributed by atoms with Gasteiger partial charge in [-0.3, -0.25) is 0 Å². The molecule has 2 aromatic heterocycles. The van der Waals surface area contributed by atoms with Crippen LogP contribution in [0, 0.1) is 0 Å². The van der Waals surface area contributed by atoms with E-state index in [2.05, 4.69) is 351 Å². The van der Waals surface area contributed by atoms with E-state index < -0.39 is 5.41 Å². The molecule has 0 saturated carbocycles. The molecule has 1 aliphatic rings. The molecule has 0 N–H and O–H groups in total. The fraction of sp³-hybridized carbons (Fsp3) is 0.0526. The number of anilines is 3. The van der Waals surface area contributed by atoms with Crippen molar-refractivity contribution in [1.82, 2.24) is 4.57 Å². The van der Waals surface area contributed by atoms with Gasteiger partial charge in [0, 0.05) is 49.7 Å². The second-order valence-electron chi connectivity index (χ2n) is 25.9. The zero-order chi connectivity index (χ0) is 66.4. The van der Waals surface area contributed by atoms with Gasteiger partial charge in [0.05, 0.1) is 17.6 Å². The quantitative estimate of drug-likeness (QED) is 0.0756. The first-order valence-corrected chi connectivity index (χ1v) is 34.2. The van der Waals surface area contributed by atoms with Crippen molar-refractivity contribution < 1.29 is 9.15 Å². The summed E-state index contributed by atoms with van der Waals surface area (Å²) in [6, 6.07) is 117. The van der Waals surface area contributed by atoms with Crippen molar-refractivity contribution in [1.29, 1.82) is 0 Å². The van der Waals surface area contributed by atoms with E-state index in [1.165, 1.54) is 60.8 Å². The van der Waals surface area contributed by atoms with Gasteiger partial charge in [-0.05, 0) is 229 Å². The summed E-state index contributed by atoms with van der Waals surface area (Å²) in [6.07, 6.45) is 8.43. The van der Waals surface area contributed by atoms with Gasteiger partial charge in [-0.25, -0.2) is 0 Å². The minimum absolute atomic E-state index is 0.405. The molecule has 0 aliphatic heterocycles. The van der Waals surface area contributed by atoms with Crippen LogP contribution in [0.15, 0.2) is 346 Å². The van der Waals surface area contributed by atoms with Gasteiger partial charge in [0.2, 0.25) is 0 Å². The molecule has 4 heteroatoms. The molecule has 1 atom stereocenters. The highest BCUT2D eigenvalue weighted by molar-refractivity contribution is 6.12. The molecule has 472 valence electrons. The lowest BCUT2D eigenvalue weighted by molar-refractivity contribution is 0.301. The molecule has 0 radical (unpaired) electrons. The third-order valence-electron chi connectivity index (χ3n) is 20.3. The van der Waals surface area contributed by atoms with Crippen molar-refractivity contribution >= 4 is 79.0 Å². The number of aromatic nitrogens is 1. The molecular weight excluding hydrogens is 1200 g/mol. The first-order valence-electron chi connectivity index (χ1n) is 34.2. The van der Waals surface area contributed by atoms with Gasteiger partial charge in [0.15, 0.2) is 0 Å². The lowest BCUT2D eigenvalue weighted by atomic mass is 9.69. The molecule has 0 saturated heterocycles. The highest BCUT2D eigenvalue weighted by atomic mass is 16.5. The first kappa shape index (κ1) is 60.2. The van der Waals surface area contributed by atoms with Crippen molar-refractivity contribution in [2.75, 3.05) is 11.5 Å². The van der Waals surface area contributed by atoms with Crippen LogP contribution < -0.4 is 9.64 Å².